The molecule has 1 aromatic rings. The number of imidazole rings is 1. The fourth-order valence-corrected chi connectivity index (χ4v) is 10.4. The summed E-state index contributed by atoms with van der Waals surface area (Å²) in [6.07, 6.45) is 6.12. The van der Waals surface area contributed by atoms with Crippen molar-refractivity contribution >= 4 is 94.8 Å². The smallest absolute Gasteiger partial charge is 0.322 e. The van der Waals surface area contributed by atoms with Crippen LogP contribution >= 0.6 is 0 Å². The molecule has 0 aliphatic carbocycles. The SMILES string of the molecule is CCCC[C@H](NC(=O)[C@H](CCCNC(=N)N)NC(=O)[C@H](CCCNC(=N)N)NC(=O)[C@H](CCCNC(=N)N)NC(=O)CN)C(=O)N[C@@H](CCCCN)C(=O)N[C@@H](Cc1c[nH]cn1)C(=O)NCC(=O)N1CCC[C@H]1C(=O)N[C@@H](CCCNC(=N)N)C(=O)N[C@@H](CCCCN)C(=O)NCC(=O)O. The third-order valence-electron chi connectivity index (χ3n) is 15.6. The first-order chi connectivity index (χ1) is 47.6. The molecular formula is C59H108N28O13. The second-order valence-corrected chi connectivity index (χ2v) is 23.7. The van der Waals surface area contributed by atoms with E-state index in [1.165, 1.54) is 17.4 Å². The molecule has 100 heavy (non-hydrogen) atoms. The minimum absolute atomic E-state index is 0.0171. The number of nitrogens with two attached hydrogens (primary N) is 7. The first-order valence-electron chi connectivity index (χ1n) is 33.5. The number of H-pyrrole nitrogens is 1. The van der Waals surface area contributed by atoms with Gasteiger partial charge < -0.3 is 130 Å². The Hall–Kier alpha value is -10.2. The summed E-state index contributed by atoms with van der Waals surface area (Å²) in [5.41, 5.74) is 39.1. The zero-order valence-corrected chi connectivity index (χ0v) is 56.8. The van der Waals surface area contributed by atoms with Crippen LogP contribution in [0, 0.1) is 21.6 Å². The maximum Gasteiger partial charge on any atom is 0.322 e. The monoisotopic (exact) mass is 1420 g/mol. The van der Waals surface area contributed by atoms with Crippen LogP contribution in [0.15, 0.2) is 12.5 Å². The predicted molar refractivity (Wildman–Crippen MR) is 367 cm³/mol. The zero-order valence-electron chi connectivity index (χ0n) is 56.8. The number of likely N-dealkylation sites (tertiary alicyclic amines) is 1. The molecular weight excluding hydrogens is 1310 g/mol. The Morgan fingerprint density at radius 1 is 0.490 bits per heavy atom. The van der Waals surface area contributed by atoms with E-state index < -0.39 is 145 Å². The number of carboxylic acid groups (broad SMARTS) is 1. The van der Waals surface area contributed by atoms with Gasteiger partial charge in [0.2, 0.25) is 65.0 Å². The van der Waals surface area contributed by atoms with Crippen LogP contribution in [0.2, 0.25) is 0 Å². The Labute approximate surface area is 580 Å². The van der Waals surface area contributed by atoms with Crippen LogP contribution in [-0.2, 0) is 64.0 Å². The van der Waals surface area contributed by atoms with Crippen LogP contribution in [0.25, 0.3) is 0 Å². The van der Waals surface area contributed by atoms with Gasteiger partial charge in [-0.25, -0.2) is 4.98 Å². The fraction of sp³-hybridized carbons (Fsp3) is 0.678. The quantitative estimate of drug-likeness (QED) is 0.0164. The number of carbonyl (C=O) groups excluding carboxylic acids is 11. The summed E-state index contributed by atoms with van der Waals surface area (Å²) in [6, 6.07) is -11.8. The average Bonchev–Trinajstić information content (AvgIpc) is 1.60. The molecule has 41 nitrogen and oxygen atoms in total. The molecule has 2 heterocycles. The Morgan fingerprint density at radius 2 is 0.850 bits per heavy atom. The highest BCUT2D eigenvalue weighted by Gasteiger charge is 2.38. The fourth-order valence-electron chi connectivity index (χ4n) is 10.4. The first-order valence-corrected chi connectivity index (χ1v) is 33.5. The molecule has 2 rings (SSSR count). The lowest BCUT2D eigenvalue weighted by molar-refractivity contribution is -0.140. The van der Waals surface area contributed by atoms with Crippen molar-refractivity contribution < 1.29 is 62.6 Å². The number of hydrogen-bond acceptors (Lipinski definition) is 20. The molecule has 41 heteroatoms. The van der Waals surface area contributed by atoms with Crippen LogP contribution in [0.1, 0.15) is 135 Å². The zero-order chi connectivity index (χ0) is 74.5. The first kappa shape index (κ1) is 85.9. The molecule has 562 valence electrons. The van der Waals surface area contributed by atoms with E-state index in [9.17, 15) is 57.5 Å². The summed E-state index contributed by atoms with van der Waals surface area (Å²) in [6.45, 7) is 0.958. The van der Waals surface area contributed by atoms with Crippen LogP contribution in [0.3, 0.4) is 0 Å². The molecule has 11 amide bonds. The van der Waals surface area contributed by atoms with Gasteiger partial charge >= 0.3 is 5.97 Å². The highest BCUT2D eigenvalue weighted by molar-refractivity contribution is 5.99. The molecule has 0 radical (unpaired) electrons. The standard InChI is InChI=1S/C59H108N28O13/c1-2-3-13-37(81-51(96)40(18-10-25-74-58(67)68)84-52(97)39(17-9-24-73-57(65)66)83-49(94)36(79-44(88)29-62)16-8-23-72-56(63)64)50(95)82-38(15-5-7-22-61)54(99)86-42(28-34-30-71-33-78-34)48(93)76-31-45(89)87-27-12-20-43(87)55(100)85-41(19-11-26-75-59(69)70)53(98)80-35(14-4-6-21-60)47(92)77-32-46(90)91/h30,33,35-43H,2-29,31-32,60-62H2,1H3,(H,71,78)(H,76,93)(H,77,92)(H,79,88)(H,80,98)(H,81,96)(H,82,95)(H,83,94)(H,84,97)(H,85,100)(H,86,99)(H,90,91)(H4,63,64,72)(H4,65,66,73)(H4,67,68,74)(H4,69,70,75)/t35-,36-,37-,38-,39-,40-,41-,42-,43-/m0/s1. The molecule has 0 bridgehead atoms. The lowest BCUT2D eigenvalue weighted by atomic mass is 10.0. The van der Waals surface area contributed by atoms with E-state index in [1.54, 1.807) is 0 Å². The highest BCUT2D eigenvalue weighted by Crippen LogP contribution is 2.19. The van der Waals surface area contributed by atoms with Crippen molar-refractivity contribution in [3.05, 3.63) is 18.2 Å². The predicted octanol–water partition coefficient (Wildman–Crippen LogP) is -8.40. The Balaban J connectivity index is 2.46. The van der Waals surface area contributed by atoms with Gasteiger partial charge in [-0.1, -0.05) is 19.8 Å². The van der Waals surface area contributed by atoms with Crippen molar-refractivity contribution in [2.45, 2.75) is 190 Å². The second-order valence-electron chi connectivity index (χ2n) is 23.7. The maximum atomic E-state index is 14.6. The molecule has 0 spiro atoms. The summed E-state index contributed by atoms with van der Waals surface area (Å²) in [7, 11) is 0. The average molecular weight is 1420 g/mol. The Kier molecular flexibility index (Phi) is 41.7. The van der Waals surface area contributed by atoms with Crippen molar-refractivity contribution in [1.82, 2.24) is 89.3 Å². The van der Waals surface area contributed by atoms with E-state index in [-0.39, 0.29) is 153 Å². The van der Waals surface area contributed by atoms with Gasteiger partial charge in [-0.3, -0.25) is 79.2 Å². The van der Waals surface area contributed by atoms with Crippen molar-refractivity contribution in [2.75, 3.05) is 65.4 Å². The van der Waals surface area contributed by atoms with Gasteiger partial charge in [-0.15, -0.1) is 0 Å². The number of hydrogen-bond donors (Lipinski definition) is 27. The van der Waals surface area contributed by atoms with Gasteiger partial charge in [0, 0.05) is 45.3 Å². The van der Waals surface area contributed by atoms with Crippen molar-refractivity contribution in [3.8, 4) is 0 Å². The maximum absolute atomic E-state index is 14.6. The number of amides is 11. The third kappa shape index (κ3) is 35.4. The van der Waals surface area contributed by atoms with Crippen molar-refractivity contribution in [3.63, 3.8) is 0 Å². The van der Waals surface area contributed by atoms with E-state index in [0.717, 1.165) is 0 Å². The number of aromatic nitrogens is 2. The van der Waals surface area contributed by atoms with Gasteiger partial charge in [0.05, 0.1) is 25.1 Å². The molecule has 34 N–H and O–H groups in total. The van der Waals surface area contributed by atoms with Crippen LogP contribution in [-0.4, -0.2) is 235 Å². The van der Waals surface area contributed by atoms with E-state index >= 15 is 0 Å². The molecule has 0 aromatic carbocycles. The number of aromatic amines is 1. The number of nitrogens with one attached hydrogen (secondary N) is 19. The molecule has 1 aliphatic rings. The second kappa shape index (κ2) is 48.5. The summed E-state index contributed by atoms with van der Waals surface area (Å²) in [5, 5.41) is 75.8. The molecule has 1 saturated heterocycles. The summed E-state index contributed by atoms with van der Waals surface area (Å²) >= 11 is 0. The van der Waals surface area contributed by atoms with Crippen molar-refractivity contribution in [2.24, 2.45) is 40.1 Å². The summed E-state index contributed by atoms with van der Waals surface area (Å²) in [4.78, 5) is 173. The van der Waals surface area contributed by atoms with E-state index in [2.05, 4.69) is 84.4 Å². The number of carbonyl (C=O) groups is 12. The van der Waals surface area contributed by atoms with E-state index in [0.29, 0.717) is 50.6 Å². The van der Waals surface area contributed by atoms with Gasteiger partial charge in [-0.2, -0.15) is 0 Å². The van der Waals surface area contributed by atoms with Gasteiger partial charge in [0.1, 0.15) is 60.9 Å². The normalized spacial score (nSPS) is 14.8. The van der Waals surface area contributed by atoms with Crippen molar-refractivity contribution in [1.29, 1.82) is 21.6 Å². The Bertz CT molecular complexity index is 2850. The van der Waals surface area contributed by atoms with Gasteiger partial charge in [-0.05, 0) is 122 Å². The molecule has 1 aromatic heterocycles. The molecule has 9 atom stereocenters. The van der Waals surface area contributed by atoms with Gasteiger partial charge in [0.25, 0.3) is 0 Å². The number of nitrogens with zero attached hydrogens (tertiary/aromatic N) is 2. The molecule has 1 aliphatic heterocycles. The number of aliphatic carboxylic acids is 1. The number of guanidine groups is 4. The minimum atomic E-state index is -1.45. The lowest BCUT2D eigenvalue weighted by Gasteiger charge is -2.28. The molecule has 1 fully saturated rings. The molecule has 0 saturated carbocycles. The Morgan fingerprint density at radius 3 is 1.22 bits per heavy atom. The number of carboxylic acids is 1. The topological polar surface area (TPSA) is 703 Å². The number of unbranched alkanes of at least 4 members (excludes halogenated alkanes) is 3. The lowest BCUT2D eigenvalue weighted by Crippen LogP contribution is -2.60. The van der Waals surface area contributed by atoms with Crippen LogP contribution in [0.4, 0.5) is 0 Å². The van der Waals surface area contributed by atoms with Gasteiger partial charge in [0.15, 0.2) is 23.8 Å². The largest absolute Gasteiger partial charge is 0.480 e. The van der Waals surface area contributed by atoms with E-state index in [4.69, 9.17) is 66.9 Å². The summed E-state index contributed by atoms with van der Waals surface area (Å²) in [5.74, 6) is -11.5. The third-order valence-corrected chi connectivity index (χ3v) is 15.6. The molecule has 0 unspecified atom stereocenters. The minimum Gasteiger partial charge on any atom is -0.480 e. The van der Waals surface area contributed by atoms with Crippen LogP contribution in [0.5, 0.6) is 0 Å². The summed E-state index contributed by atoms with van der Waals surface area (Å²) < 4.78 is 0. The number of rotatable bonds is 51. The van der Waals surface area contributed by atoms with E-state index in [1.807, 2.05) is 6.92 Å². The highest BCUT2D eigenvalue weighted by atomic mass is 16.4. The van der Waals surface area contributed by atoms with Crippen LogP contribution < -0.4 is 115 Å².